The number of rotatable bonds is 1. The van der Waals surface area contributed by atoms with Gasteiger partial charge >= 0.3 is 6.03 Å². The molecule has 0 aromatic heterocycles. The van der Waals surface area contributed by atoms with Crippen molar-refractivity contribution in [2.45, 2.75) is 19.8 Å². The molecule has 0 unspecified atom stereocenters. The number of hydrogen-bond donors (Lipinski definition) is 0. The van der Waals surface area contributed by atoms with Crippen molar-refractivity contribution in [3.8, 4) is 0 Å². The lowest BCUT2D eigenvalue weighted by Crippen LogP contribution is -2.53. The van der Waals surface area contributed by atoms with Gasteiger partial charge in [-0.3, -0.25) is 4.79 Å². The fourth-order valence-electron chi connectivity index (χ4n) is 2.68. The average Bonchev–Trinajstić information content (AvgIpc) is 2.39. The van der Waals surface area contributed by atoms with Crippen LogP contribution in [0.4, 0.5) is 4.79 Å². The number of carbonyl (C=O) groups excluding carboxylic acids is 2. The van der Waals surface area contributed by atoms with Crippen molar-refractivity contribution >= 4 is 11.8 Å². The fraction of sp³-hybridized carbons (Fsp3) is 0.846. The molecule has 0 N–H and O–H groups in total. The van der Waals surface area contributed by atoms with E-state index >= 15 is 0 Å². The van der Waals surface area contributed by atoms with Gasteiger partial charge in [0.25, 0.3) is 0 Å². The zero-order valence-corrected chi connectivity index (χ0v) is 11.4. The molecule has 0 atom stereocenters. The zero-order chi connectivity index (χ0) is 13.1. The highest BCUT2D eigenvalue weighted by molar-refractivity contribution is 5.79. The Labute approximate surface area is 109 Å². The summed E-state index contributed by atoms with van der Waals surface area (Å²) in [5.41, 5.74) is 0. The highest BCUT2D eigenvalue weighted by atomic mass is 16.2. The smallest absolute Gasteiger partial charge is 0.320 e. The summed E-state index contributed by atoms with van der Waals surface area (Å²) in [6.45, 7) is 6.67. The van der Waals surface area contributed by atoms with Gasteiger partial charge in [-0.1, -0.05) is 0 Å². The van der Waals surface area contributed by atoms with Gasteiger partial charge in [-0.15, -0.1) is 0 Å². The van der Waals surface area contributed by atoms with Crippen molar-refractivity contribution in [1.82, 2.24) is 14.7 Å². The SMILES string of the molecule is CC(=O)C1CCN(C(=O)N2CCN(C)CC2)CC1. The minimum atomic E-state index is 0.158. The normalized spacial score (nSPS) is 23.2. The lowest BCUT2D eigenvalue weighted by Gasteiger charge is -2.38. The number of piperazine rings is 1. The largest absolute Gasteiger partial charge is 0.325 e. The lowest BCUT2D eigenvalue weighted by molar-refractivity contribution is -0.121. The molecule has 0 saturated carbocycles. The van der Waals surface area contributed by atoms with E-state index in [9.17, 15) is 9.59 Å². The van der Waals surface area contributed by atoms with E-state index in [2.05, 4.69) is 11.9 Å². The Morgan fingerprint density at radius 1 is 0.889 bits per heavy atom. The second-order valence-electron chi connectivity index (χ2n) is 5.44. The molecule has 0 spiro atoms. The molecular weight excluding hydrogens is 230 g/mol. The quantitative estimate of drug-likeness (QED) is 0.689. The van der Waals surface area contributed by atoms with E-state index < -0.39 is 0 Å². The average molecular weight is 253 g/mol. The van der Waals surface area contributed by atoms with Crippen LogP contribution in [0, 0.1) is 5.92 Å². The van der Waals surface area contributed by atoms with Crippen LogP contribution in [0.3, 0.4) is 0 Å². The van der Waals surface area contributed by atoms with Gasteiger partial charge in [0.2, 0.25) is 0 Å². The maximum absolute atomic E-state index is 12.3. The van der Waals surface area contributed by atoms with Crippen LogP contribution in [0.5, 0.6) is 0 Å². The Balaban J connectivity index is 1.82. The summed E-state index contributed by atoms with van der Waals surface area (Å²) in [5, 5.41) is 0. The molecule has 2 fully saturated rings. The van der Waals surface area contributed by atoms with Crippen LogP contribution in [-0.4, -0.2) is 72.8 Å². The molecule has 102 valence electrons. The van der Waals surface area contributed by atoms with E-state index in [0.717, 1.165) is 52.1 Å². The Kier molecular flexibility index (Phi) is 4.22. The van der Waals surface area contributed by atoms with Gasteiger partial charge in [0, 0.05) is 45.2 Å². The highest BCUT2D eigenvalue weighted by Gasteiger charge is 2.29. The molecule has 2 aliphatic rings. The molecule has 2 amide bonds. The second kappa shape index (κ2) is 5.69. The number of likely N-dealkylation sites (tertiary alicyclic amines) is 1. The third-order valence-electron chi connectivity index (χ3n) is 4.11. The van der Waals surface area contributed by atoms with Crippen molar-refractivity contribution in [2.24, 2.45) is 5.92 Å². The van der Waals surface area contributed by atoms with Crippen LogP contribution < -0.4 is 0 Å². The Morgan fingerprint density at radius 3 is 1.89 bits per heavy atom. The van der Waals surface area contributed by atoms with Gasteiger partial charge in [-0.25, -0.2) is 4.79 Å². The number of likely N-dealkylation sites (N-methyl/N-ethyl adjacent to an activating group) is 1. The molecule has 0 aliphatic carbocycles. The van der Waals surface area contributed by atoms with E-state index in [1.165, 1.54) is 0 Å². The molecule has 5 nitrogen and oxygen atoms in total. The van der Waals surface area contributed by atoms with E-state index in [-0.39, 0.29) is 17.7 Å². The minimum Gasteiger partial charge on any atom is -0.325 e. The highest BCUT2D eigenvalue weighted by Crippen LogP contribution is 2.19. The van der Waals surface area contributed by atoms with Crippen LogP contribution in [0.25, 0.3) is 0 Å². The van der Waals surface area contributed by atoms with Crippen molar-refractivity contribution in [2.75, 3.05) is 46.3 Å². The van der Waals surface area contributed by atoms with E-state index in [4.69, 9.17) is 0 Å². The number of nitrogens with zero attached hydrogens (tertiary/aromatic N) is 3. The van der Waals surface area contributed by atoms with Crippen LogP contribution in [0.15, 0.2) is 0 Å². The molecule has 2 rings (SSSR count). The van der Waals surface area contributed by atoms with Crippen LogP contribution in [0.1, 0.15) is 19.8 Å². The summed E-state index contributed by atoms with van der Waals surface area (Å²) in [6, 6.07) is 0.158. The maximum atomic E-state index is 12.3. The van der Waals surface area contributed by atoms with Crippen molar-refractivity contribution in [3.63, 3.8) is 0 Å². The van der Waals surface area contributed by atoms with Gasteiger partial charge < -0.3 is 14.7 Å². The van der Waals surface area contributed by atoms with Crippen LogP contribution in [-0.2, 0) is 4.79 Å². The summed E-state index contributed by atoms with van der Waals surface area (Å²) in [5.74, 6) is 0.434. The first-order chi connectivity index (χ1) is 8.58. The molecule has 2 aliphatic heterocycles. The summed E-state index contributed by atoms with van der Waals surface area (Å²) < 4.78 is 0. The van der Waals surface area contributed by atoms with Gasteiger partial charge in [-0.2, -0.15) is 0 Å². The van der Waals surface area contributed by atoms with Crippen LogP contribution >= 0.6 is 0 Å². The molecule has 2 saturated heterocycles. The summed E-state index contributed by atoms with van der Waals surface area (Å²) in [6.07, 6.45) is 1.66. The molecule has 5 heteroatoms. The number of amides is 2. The number of hydrogen-bond acceptors (Lipinski definition) is 3. The molecule has 2 heterocycles. The topological polar surface area (TPSA) is 43.9 Å². The van der Waals surface area contributed by atoms with Gasteiger partial charge in [-0.05, 0) is 26.8 Å². The van der Waals surface area contributed by atoms with Crippen molar-refractivity contribution < 1.29 is 9.59 Å². The third-order valence-corrected chi connectivity index (χ3v) is 4.11. The minimum absolute atomic E-state index is 0.158. The first-order valence-electron chi connectivity index (χ1n) is 6.81. The van der Waals surface area contributed by atoms with Gasteiger partial charge in [0.15, 0.2) is 0 Å². The molecule has 0 radical (unpaired) electrons. The first-order valence-corrected chi connectivity index (χ1v) is 6.81. The van der Waals surface area contributed by atoms with Gasteiger partial charge in [0.05, 0.1) is 0 Å². The summed E-state index contributed by atoms with van der Waals surface area (Å²) in [4.78, 5) is 29.7. The predicted molar refractivity (Wildman–Crippen MR) is 69.4 cm³/mol. The van der Waals surface area contributed by atoms with Crippen LogP contribution in [0.2, 0.25) is 0 Å². The fourth-order valence-corrected chi connectivity index (χ4v) is 2.68. The lowest BCUT2D eigenvalue weighted by atomic mass is 9.93. The number of ketones is 1. The van der Waals surface area contributed by atoms with Crippen molar-refractivity contribution in [3.05, 3.63) is 0 Å². The summed E-state index contributed by atoms with van der Waals surface area (Å²) in [7, 11) is 2.08. The van der Waals surface area contributed by atoms with E-state index in [0.29, 0.717) is 0 Å². The second-order valence-corrected chi connectivity index (χ2v) is 5.44. The Morgan fingerprint density at radius 2 is 1.39 bits per heavy atom. The molecule has 0 aromatic rings. The number of carbonyl (C=O) groups is 2. The standard InChI is InChI=1S/C13H23N3O2/c1-11(17)12-3-5-15(6-4-12)13(18)16-9-7-14(2)8-10-16/h12H,3-10H2,1-2H3. The van der Waals surface area contributed by atoms with Crippen molar-refractivity contribution in [1.29, 1.82) is 0 Å². The number of piperidine rings is 1. The van der Waals surface area contributed by atoms with Gasteiger partial charge in [0.1, 0.15) is 5.78 Å². The zero-order valence-electron chi connectivity index (χ0n) is 11.4. The Hall–Kier alpha value is -1.10. The number of Topliss-reactive ketones (excluding diaryl/α,β-unsaturated/α-hetero) is 1. The number of urea groups is 1. The van der Waals surface area contributed by atoms with E-state index in [1.54, 1.807) is 6.92 Å². The molecule has 0 bridgehead atoms. The predicted octanol–water partition coefficient (Wildman–Crippen LogP) is 0.655. The molecule has 0 aromatic carbocycles. The molecular formula is C13H23N3O2. The monoisotopic (exact) mass is 253 g/mol. The summed E-state index contributed by atoms with van der Waals surface area (Å²) >= 11 is 0. The maximum Gasteiger partial charge on any atom is 0.320 e. The Bertz CT molecular complexity index is 316. The van der Waals surface area contributed by atoms with E-state index in [1.807, 2.05) is 9.80 Å². The molecule has 18 heavy (non-hydrogen) atoms. The third kappa shape index (κ3) is 3.02. The first kappa shape index (κ1) is 13.3.